The van der Waals surface area contributed by atoms with Gasteiger partial charge in [0.05, 0.1) is 14.2 Å². The van der Waals surface area contributed by atoms with E-state index >= 15 is 0 Å². The van der Waals surface area contributed by atoms with Gasteiger partial charge in [-0.3, -0.25) is 9.69 Å². The highest BCUT2D eigenvalue weighted by Crippen LogP contribution is 2.42. The van der Waals surface area contributed by atoms with Crippen molar-refractivity contribution < 1.29 is 14.3 Å². The fourth-order valence-electron chi connectivity index (χ4n) is 6.82. The Balaban J connectivity index is 1.17. The van der Waals surface area contributed by atoms with Gasteiger partial charge < -0.3 is 19.3 Å². The molecule has 0 atom stereocenters. The SMILES string of the molecule is COc1ccc(C2(c3ccc(OC)cc3)CCCN(Cc3cccc(C(=O)N4CCN(c5cccc(Cl)c5)CC4)c3)C2)cc1. The summed E-state index contributed by atoms with van der Waals surface area (Å²) in [5.74, 6) is 1.82. The summed E-state index contributed by atoms with van der Waals surface area (Å²) in [5, 5.41) is 0.733. The molecule has 6 rings (SSSR count). The summed E-state index contributed by atoms with van der Waals surface area (Å²) in [7, 11) is 3.41. The highest BCUT2D eigenvalue weighted by molar-refractivity contribution is 6.30. The van der Waals surface area contributed by atoms with E-state index in [9.17, 15) is 4.79 Å². The number of hydrogen-bond acceptors (Lipinski definition) is 5. The fourth-order valence-corrected chi connectivity index (χ4v) is 7.01. The van der Waals surface area contributed by atoms with Crippen LogP contribution in [-0.2, 0) is 12.0 Å². The predicted octanol–water partition coefficient (Wildman–Crippen LogP) is 6.90. The van der Waals surface area contributed by atoms with Crippen molar-refractivity contribution in [1.29, 1.82) is 0 Å². The lowest BCUT2D eigenvalue weighted by atomic mass is 9.69. The first kappa shape index (κ1) is 30.0. The molecule has 44 heavy (non-hydrogen) atoms. The summed E-state index contributed by atoms with van der Waals surface area (Å²) in [4.78, 5) is 20.4. The fraction of sp³-hybridized carbons (Fsp3) is 0.324. The van der Waals surface area contributed by atoms with E-state index in [1.165, 1.54) is 11.1 Å². The minimum atomic E-state index is -0.160. The quantitative estimate of drug-likeness (QED) is 0.217. The van der Waals surface area contributed by atoms with Crippen LogP contribution in [0.15, 0.2) is 97.1 Å². The molecule has 4 aromatic rings. The van der Waals surface area contributed by atoms with Gasteiger partial charge in [0.2, 0.25) is 0 Å². The van der Waals surface area contributed by atoms with Crippen LogP contribution in [0.25, 0.3) is 0 Å². The van der Waals surface area contributed by atoms with Crippen LogP contribution in [0.1, 0.15) is 39.9 Å². The van der Waals surface area contributed by atoms with E-state index in [4.69, 9.17) is 21.1 Å². The third-order valence-corrected chi connectivity index (χ3v) is 9.41. The number of amides is 1. The standard InChI is InChI=1S/C37H40ClN3O3/c1-43-34-14-10-30(11-15-34)37(31-12-16-35(44-2)17-13-31)18-5-19-39(27-37)26-28-6-3-7-29(24-28)36(42)41-22-20-40(21-23-41)33-9-4-8-32(38)25-33/h3-4,6-17,24-25H,5,18-23,26-27H2,1-2H3. The predicted molar refractivity (Wildman–Crippen MR) is 177 cm³/mol. The number of carbonyl (C=O) groups is 1. The Hall–Kier alpha value is -4.00. The maximum atomic E-state index is 13.6. The summed E-state index contributed by atoms with van der Waals surface area (Å²) < 4.78 is 10.9. The number of likely N-dealkylation sites (tertiary alicyclic amines) is 1. The Labute approximate surface area is 265 Å². The van der Waals surface area contributed by atoms with Crippen molar-refractivity contribution in [2.75, 3.05) is 58.4 Å². The molecule has 0 N–H and O–H groups in total. The number of rotatable bonds is 8. The second-order valence-corrected chi connectivity index (χ2v) is 12.2. The van der Waals surface area contributed by atoms with Crippen LogP contribution in [-0.4, -0.2) is 69.2 Å². The monoisotopic (exact) mass is 609 g/mol. The van der Waals surface area contributed by atoms with Crippen molar-refractivity contribution in [1.82, 2.24) is 9.80 Å². The molecule has 6 nitrogen and oxygen atoms in total. The van der Waals surface area contributed by atoms with E-state index in [0.717, 1.165) is 78.9 Å². The van der Waals surface area contributed by atoms with Crippen molar-refractivity contribution in [3.05, 3.63) is 124 Å². The molecule has 2 aliphatic heterocycles. The minimum Gasteiger partial charge on any atom is -0.497 e. The van der Waals surface area contributed by atoms with Crippen molar-refractivity contribution in [3.8, 4) is 11.5 Å². The van der Waals surface area contributed by atoms with Gasteiger partial charge >= 0.3 is 0 Å². The van der Waals surface area contributed by atoms with Crippen LogP contribution in [0, 0.1) is 0 Å². The number of halogens is 1. The third-order valence-electron chi connectivity index (χ3n) is 9.18. The van der Waals surface area contributed by atoms with Gasteiger partial charge in [-0.05, 0) is 90.7 Å². The van der Waals surface area contributed by atoms with Crippen molar-refractivity contribution >= 4 is 23.2 Å². The van der Waals surface area contributed by atoms with Crippen LogP contribution < -0.4 is 14.4 Å². The summed E-state index contributed by atoms with van der Waals surface area (Å²) in [6.45, 7) is 5.64. The van der Waals surface area contributed by atoms with Gasteiger partial charge in [0.25, 0.3) is 5.91 Å². The van der Waals surface area contributed by atoms with Crippen molar-refractivity contribution in [3.63, 3.8) is 0 Å². The average molecular weight is 610 g/mol. The van der Waals surface area contributed by atoms with Crippen LogP contribution in [0.2, 0.25) is 5.02 Å². The molecule has 2 saturated heterocycles. The lowest BCUT2D eigenvalue weighted by molar-refractivity contribution is 0.0746. The molecule has 0 bridgehead atoms. The number of nitrogens with zero attached hydrogens (tertiary/aromatic N) is 3. The molecule has 4 aromatic carbocycles. The Morgan fingerprint density at radius 1 is 0.773 bits per heavy atom. The first-order valence-corrected chi connectivity index (χ1v) is 15.8. The molecule has 2 heterocycles. The van der Waals surface area contributed by atoms with Gasteiger partial charge in [-0.15, -0.1) is 0 Å². The molecule has 0 spiro atoms. The smallest absolute Gasteiger partial charge is 0.253 e. The highest BCUT2D eigenvalue weighted by Gasteiger charge is 2.39. The lowest BCUT2D eigenvalue weighted by Gasteiger charge is -2.44. The normalized spacial score (nSPS) is 16.9. The molecular formula is C37H40ClN3O3. The summed E-state index contributed by atoms with van der Waals surface area (Å²) in [6.07, 6.45) is 2.13. The zero-order valence-corrected chi connectivity index (χ0v) is 26.3. The largest absolute Gasteiger partial charge is 0.497 e. The molecule has 0 radical (unpaired) electrons. The van der Waals surface area contributed by atoms with Crippen LogP contribution in [0.5, 0.6) is 11.5 Å². The number of piperidine rings is 1. The molecule has 228 valence electrons. The van der Waals surface area contributed by atoms with Gasteiger partial charge in [0.15, 0.2) is 0 Å². The molecule has 0 aromatic heterocycles. The number of hydrogen-bond donors (Lipinski definition) is 0. The molecular weight excluding hydrogens is 570 g/mol. The number of carbonyl (C=O) groups excluding carboxylic acids is 1. The van der Waals surface area contributed by atoms with Gasteiger partial charge in [-0.2, -0.15) is 0 Å². The van der Waals surface area contributed by atoms with Crippen molar-refractivity contribution in [2.24, 2.45) is 0 Å². The first-order chi connectivity index (χ1) is 21.5. The van der Waals surface area contributed by atoms with Crippen LogP contribution >= 0.6 is 11.6 Å². The zero-order chi connectivity index (χ0) is 30.5. The molecule has 1 amide bonds. The van der Waals surface area contributed by atoms with Crippen LogP contribution in [0.3, 0.4) is 0 Å². The summed E-state index contributed by atoms with van der Waals surface area (Å²) in [5.41, 5.74) is 5.44. The molecule has 7 heteroatoms. The Morgan fingerprint density at radius 3 is 2.02 bits per heavy atom. The van der Waals surface area contributed by atoms with Crippen molar-refractivity contribution in [2.45, 2.75) is 24.8 Å². The van der Waals surface area contributed by atoms with E-state index in [1.54, 1.807) is 14.2 Å². The number of benzene rings is 4. The van der Waals surface area contributed by atoms with E-state index < -0.39 is 0 Å². The average Bonchev–Trinajstić information content (AvgIpc) is 3.08. The highest BCUT2D eigenvalue weighted by atomic mass is 35.5. The molecule has 0 saturated carbocycles. The first-order valence-electron chi connectivity index (χ1n) is 15.4. The van der Waals surface area contributed by atoms with Gasteiger partial charge in [0.1, 0.15) is 11.5 Å². The Kier molecular flexibility index (Phi) is 9.10. The minimum absolute atomic E-state index is 0.0991. The van der Waals surface area contributed by atoms with E-state index in [0.29, 0.717) is 13.1 Å². The molecule has 0 aliphatic carbocycles. The molecule has 0 unspecified atom stereocenters. The maximum absolute atomic E-state index is 13.6. The number of ether oxygens (including phenoxy) is 2. The Morgan fingerprint density at radius 2 is 1.41 bits per heavy atom. The number of piperazine rings is 1. The van der Waals surface area contributed by atoms with Gasteiger partial charge in [0, 0.05) is 61.0 Å². The van der Waals surface area contributed by atoms with E-state index in [-0.39, 0.29) is 11.3 Å². The van der Waals surface area contributed by atoms with Crippen LogP contribution in [0.4, 0.5) is 5.69 Å². The molecule has 2 aliphatic rings. The summed E-state index contributed by atoms with van der Waals surface area (Å²) >= 11 is 6.20. The number of anilines is 1. The zero-order valence-electron chi connectivity index (χ0n) is 25.5. The second kappa shape index (κ2) is 13.3. The number of methoxy groups -OCH3 is 2. The lowest BCUT2D eigenvalue weighted by Crippen LogP contribution is -2.48. The summed E-state index contributed by atoms with van der Waals surface area (Å²) in [6, 6.07) is 33.2. The topological polar surface area (TPSA) is 45.3 Å². The Bertz CT molecular complexity index is 1520. The second-order valence-electron chi connectivity index (χ2n) is 11.8. The maximum Gasteiger partial charge on any atom is 0.253 e. The third kappa shape index (κ3) is 6.42. The molecule has 2 fully saturated rings. The van der Waals surface area contributed by atoms with Gasteiger partial charge in [-0.25, -0.2) is 0 Å². The van der Waals surface area contributed by atoms with Gasteiger partial charge in [-0.1, -0.05) is 54.1 Å². The van der Waals surface area contributed by atoms with E-state index in [1.807, 2.05) is 35.2 Å². The van der Waals surface area contributed by atoms with E-state index in [2.05, 4.69) is 76.5 Å².